The van der Waals surface area contributed by atoms with Gasteiger partial charge >= 0.3 is 0 Å². The normalized spacial score (nSPS) is 10.5. The minimum Gasteiger partial charge on any atom is -0.340 e. The lowest BCUT2D eigenvalue weighted by molar-refractivity contribution is 1.23. The van der Waals surface area contributed by atoms with Crippen LogP contribution in [-0.4, -0.2) is 9.97 Å². The van der Waals surface area contributed by atoms with Crippen molar-refractivity contribution in [2.75, 3.05) is 5.32 Å². The van der Waals surface area contributed by atoms with Gasteiger partial charge in [-0.2, -0.15) is 5.26 Å². The second-order valence-electron chi connectivity index (χ2n) is 5.21. The Labute approximate surface area is 143 Å². The highest BCUT2D eigenvalue weighted by Gasteiger charge is 2.10. The summed E-state index contributed by atoms with van der Waals surface area (Å²) < 4.78 is 0. The molecule has 0 fully saturated rings. The first-order valence-corrected chi connectivity index (χ1v) is 8.29. The standard InChI is InChI=1S/C19H12N4S/c20-12-13-5-3-6-14(11-13)21-18-15-7-1-2-8-16(15)22-19(23-18)17-9-4-10-24-17/h1-11H,(H,21,22,23). The number of para-hydroxylation sites is 1. The van der Waals surface area contributed by atoms with Gasteiger partial charge in [0.25, 0.3) is 0 Å². The van der Waals surface area contributed by atoms with Crippen LogP contribution in [0.3, 0.4) is 0 Å². The summed E-state index contributed by atoms with van der Waals surface area (Å²) in [4.78, 5) is 10.4. The maximum atomic E-state index is 9.07. The molecule has 0 aliphatic carbocycles. The number of hydrogen-bond acceptors (Lipinski definition) is 5. The Kier molecular flexibility index (Phi) is 3.66. The molecule has 0 bridgehead atoms. The van der Waals surface area contributed by atoms with Crippen LogP contribution in [0.5, 0.6) is 0 Å². The molecule has 0 atom stereocenters. The highest BCUT2D eigenvalue weighted by Crippen LogP contribution is 2.29. The van der Waals surface area contributed by atoms with Crippen molar-refractivity contribution in [1.82, 2.24) is 9.97 Å². The molecule has 4 nitrogen and oxygen atoms in total. The van der Waals surface area contributed by atoms with Gasteiger partial charge < -0.3 is 5.32 Å². The van der Waals surface area contributed by atoms with Crippen molar-refractivity contribution in [1.29, 1.82) is 5.26 Å². The second-order valence-corrected chi connectivity index (χ2v) is 6.16. The van der Waals surface area contributed by atoms with Crippen LogP contribution >= 0.6 is 11.3 Å². The average molecular weight is 328 g/mol. The first kappa shape index (κ1) is 14.4. The molecular weight excluding hydrogens is 316 g/mol. The number of nitrogens with zero attached hydrogens (tertiary/aromatic N) is 3. The molecule has 2 aromatic heterocycles. The van der Waals surface area contributed by atoms with Gasteiger partial charge in [-0.15, -0.1) is 11.3 Å². The molecule has 0 saturated carbocycles. The molecule has 4 rings (SSSR count). The molecule has 0 spiro atoms. The predicted octanol–water partition coefficient (Wildman–Crippen LogP) is 4.97. The van der Waals surface area contributed by atoms with E-state index in [9.17, 15) is 0 Å². The van der Waals surface area contributed by atoms with Gasteiger partial charge in [0.2, 0.25) is 0 Å². The zero-order valence-electron chi connectivity index (χ0n) is 12.6. The van der Waals surface area contributed by atoms with Gasteiger partial charge in [-0.05, 0) is 41.8 Å². The van der Waals surface area contributed by atoms with Gasteiger partial charge in [0.15, 0.2) is 5.82 Å². The molecule has 0 unspecified atom stereocenters. The van der Waals surface area contributed by atoms with E-state index in [1.54, 1.807) is 17.4 Å². The van der Waals surface area contributed by atoms with Crippen LogP contribution in [0, 0.1) is 11.3 Å². The monoisotopic (exact) mass is 328 g/mol. The largest absolute Gasteiger partial charge is 0.340 e. The summed E-state index contributed by atoms with van der Waals surface area (Å²) >= 11 is 1.61. The number of fused-ring (bicyclic) bond motifs is 1. The Balaban J connectivity index is 1.85. The number of nitrogens with one attached hydrogen (secondary N) is 1. The number of thiophene rings is 1. The van der Waals surface area contributed by atoms with Crippen molar-refractivity contribution in [3.63, 3.8) is 0 Å². The number of anilines is 2. The molecule has 0 aliphatic rings. The lowest BCUT2D eigenvalue weighted by Crippen LogP contribution is -1.99. The summed E-state index contributed by atoms with van der Waals surface area (Å²) in [5.74, 6) is 1.43. The molecular formula is C19H12N4S. The number of benzene rings is 2. The fourth-order valence-electron chi connectivity index (χ4n) is 2.49. The average Bonchev–Trinajstić information content (AvgIpc) is 3.16. The molecule has 0 aliphatic heterocycles. The summed E-state index contributed by atoms with van der Waals surface area (Å²) in [6, 6.07) is 21.4. The molecule has 114 valence electrons. The van der Waals surface area contributed by atoms with Crippen LogP contribution in [0.1, 0.15) is 5.56 Å². The minimum absolute atomic E-state index is 0.608. The zero-order valence-corrected chi connectivity index (χ0v) is 13.4. The first-order valence-electron chi connectivity index (χ1n) is 7.41. The lowest BCUT2D eigenvalue weighted by atomic mass is 10.2. The number of hydrogen-bond donors (Lipinski definition) is 1. The Bertz CT molecular complexity index is 1050. The summed E-state index contributed by atoms with van der Waals surface area (Å²) in [6.45, 7) is 0. The van der Waals surface area contributed by atoms with Gasteiger partial charge in [-0.3, -0.25) is 0 Å². The quantitative estimate of drug-likeness (QED) is 0.576. The first-order chi connectivity index (χ1) is 11.8. The minimum atomic E-state index is 0.608. The van der Waals surface area contributed by atoms with Gasteiger partial charge in [-0.1, -0.05) is 24.3 Å². The molecule has 4 aromatic rings. The van der Waals surface area contributed by atoms with Crippen molar-refractivity contribution >= 4 is 33.7 Å². The van der Waals surface area contributed by atoms with Gasteiger partial charge in [0.1, 0.15) is 5.82 Å². The molecule has 0 saturated heterocycles. The third-order valence-corrected chi connectivity index (χ3v) is 4.47. The smallest absolute Gasteiger partial charge is 0.172 e. The van der Waals surface area contributed by atoms with Crippen molar-refractivity contribution in [2.24, 2.45) is 0 Å². The highest BCUT2D eigenvalue weighted by molar-refractivity contribution is 7.13. The van der Waals surface area contributed by atoms with Gasteiger partial charge in [0, 0.05) is 11.1 Å². The van der Waals surface area contributed by atoms with Crippen LogP contribution in [0.4, 0.5) is 11.5 Å². The topological polar surface area (TPSA) is 61.6 Å². The van der Waals surface area contributed by atoms with E-state index in [-0.39, 0.29) is 0 Å². The summed E-state index contributed by atoms with van der Waals surface area (Å²) in [7, 11) is 0. The van der Waals surface area contributed by atoms with Gasteiger partial charge in [0.05, 0.1) is 22.0 Å². The van der Waals surface area contributed by atoms with E-state index in [4.69, 9.17) is 10.2 Å². The van der Waals surface area contributed by atoms with Crippen LogP contribution in [0.15, 0.2) is 66.0 Å². The second kappa shape index (κ2) is 6.11. The fourth-order valence-corrected chi connectivity index (χ4v) is 3.15. The van der Waals surface area contributed by atoms with Crippen LogP contribution in [-0.2, 0) is 0 Å². The van der Waals surface area contributed by atoms with E-state index < -0.39 is 0 Å². The summed E-state index contributed by atoms with van der Waals surface area (Å²) in [6.07, 6.45) is 0. The summed E-state index contributed by atoms with van der Waals surface area (Å²) in [5, 5.41) is 15.3. The zero-order chi connectivity index (χ0) is 16.4. The predicted molar refractivity (Wildman–Crippen MR) is 97.3 cm³/mol. The number of rotatable bonds is 3. The van der Waals surface area contributed by atoms with Crippen molar-refractivity contribution in [2.45, 2.75) is 0 Å². The molecule has 0 radical (unpaired) electrons. The van der Waals surface area contributed by atoms with E-state index in [0.717, 1.165) is 27.3 Å². The van der Waals surface area contributed by atoms with Crippen molar-refractivity contribution in [3.8, 4) is 16.8 Å². The van der Waals surface area contributed by atoms with E-state index in [0.29, 0.717) is 11.4 Å². The highest BCUT2D eigenvalue weighted by atomic mass is 32.1. The Morgan fingerprint density at radius 1 is 0.958 bits per heavy atom. The maximum absolute atomic E-state index is 9.07. The van der Waals surface area contributed by atoms with Crippen LogP contribution in [0.2, 0.25) is 0 Å². The fraction of sp³-hybridized carbons (Fsp3) is 0. The molecule has 2 heterocycles. The molecule has 5 heteroatoms. The van der Waals surface area contributed by atoms with E-state index >= 15 is 0 Å². The van der Waals surface area contributed by atoms with E-state index in [2.05, 4.69) is 16.4 Å². The molecule has 24 heavy (non-hydrogen) atoms. The molecule has 2 aromatic carbocycles. The number of nitriles is 1. The van der Waals surface area contributed by atoms with E-state index in [1.807, 2.05) is 60.0 Å². The number of aromatic nitrogens is 2. The SMILES string of the molecule is N#Cc1cccc(Nc2nc(-c3cccs3)nc3ccccc23)c1. The Morgan fingerprint density at radius 2 is 1.88 bits per heavy atom. The summed E-state index contributed by atoms with van der Waals surface area (Å²) in [5.41, 5.74) is 2.32. The third-order valence-electron chi connectivity index (χ3n) is 3.60. The maximum Gasteiger partial charge on any atom is 0.172 e. The van der Waals surface area contributed by atoms with Crippen LogP contribution in [0.25, 0.3) is 21.6 Å². The van der Waals surface area contributed by atoms with Crippen molar-refractivity contribution < 1.29 is 0 Å². The molecule has 0 amide bonds. The van der Waals surface area contributed by atoms with Crippen molar-refractivity contribution in [3.05, 3.63) is 71.6 Å². The lowest BCUT2D eigenvalue weighted by Gasteiger charge is -2.10. The van der Waals surface area contributed by atoms with Gasteiger partial charge in [-0.25, -0.2) is 9.97 Å². The Morgan fingerprint density at radius 3 is 2.71 bits per heavy atom. The third kappa shape index (κ3) is 2.71. The van der Waals surface area contributed by atoms with E-state index in [1.165, 1.54) is 0 Å². The molecule has 1 N–H and O–H groups in total. The van der Waals surface area contributed by atoms with Crippen LogP contribution < -0.4 is 5.32 Å². The Hall–Kier alpha value is -3.23.